The number of hydrogen-bond acceptors (Lipinski definition) is 4. The molecule has 0 spiro atoms. The van der Waals surface area contributed by atoms with Crippen LogP contribution in [-0.2, 0) is 9.47 Å². The predicted molar refractivity (Wildman–Crippen MR) is 106 cm³/mol. The molecule has 2 N–H and O–H groups in total. The second-order valence-corrected chi connectivity index (χ2v) is 11.1. The third-order valence-electron chi connectivity index (χ3n) is 9.36. The first kappa shape index (κ1) is 18.4. The van der Waals surface area contributed by atoms with Gasteiger partial charge in [-0.15, -0.1) is 0 Å². The largest absolute Gasteiger partial charge is 0.394 e. The predicted octanol–water partition coefficient (Wildman–Crippen LogP) is 3.46. The molecule has 0 aromatic rings. The summed E-state index contributed by atoms with van der Waals surface area (Å²) in [6, 6.07) is 0. The highest BCUT2D eigenvalue weighted by atomic mass is 16.5. The zero-order valence-electron chi connectivity index (χ0n) is 17.1. The summed E-state index contributed by atoms with van der Waals surface area (Å²) in [6.45, 7) is 1.32. The molecule has 4 heteroatoms. The van der Waals surface area contributed by atoms with Crippen LogP contribution in [0.15, 0.2) is 11.1 Å². The van der Waals surface area contributed by atoms with E-state index in [9.17, 15) is 10.2 Å². The van der Waals surface area contributed by atoms with Crippen molar-refractivity contribution >= 4 is 0 Å². The van der Waals surface area contributed by atoms with Gasteiger partial charge in [-0.1, -0.05) is 11.1 Å². The molecule has 4 nitrogen and oxygen atoms in total. The molecule has 0 aromatic carbocycles. The van der Waals surface area contributed by atoms with Crippen LogP contribution in [0.3, 0.4) is 0 Å². The molecule has 0 aromatic heterocycles. The maximum absolute atomic E-state index is 9.29. The molecule has 4 unspecified atom stereocenters. The highest BCUT2D eigenvalue weighted by Gasteiger charge is 2.59. The van der Waals surface area contributed by atoms with Gasteiger partial charge in [0.1, 0.15) is 0 Å². The lowest BCUT2D eigenvalue weighted by atomic mass is 9.46. The average molecular weight is 389 g/mol. The number of aliphatic hydroxyl groups is 2. The van der Waals surface area contributed by atoms with Gasteiger partial charge in [0.25, 0.3) is 0 Å². The van der Waals surface area contributed by atoms with Crippen LogP contribution in [0.2, 0.25) is 0 Å². The molecule has 0 amide bonds. The van der Waals surface area contributed by atoms with Gasteiger partial charge in [0.15, 0.2) is 0 Å². The lowest BCUT2D eigenvalue weighted by Gasteiger charge is -2.62. The molecule has 0 heterocycles. The first-order valence-corrected chi connectivity index (χ1v) is 11.9. The van der Waals surface area contributed by atoms with E-state index < -0.39 is 0 Å². The van der Waals surface area contributed by atoms with Crippen molar-refractivity contribution in [3.63, 3.8) is 0 Å². The van der Waals surface area contributed by atoms with E-state index in [-0.39, 0.29) is 24.4 Å². The van der Waals surface area contributed by atoms with Crippen molar-refractivity contribution in [1.29, 1.82) is 0 Å². The second kappa shape index (κ2) is 6.54. The van der Waals surface area contributed by atoms with Crippen LogP contribution in [0.25, 0.3) is 0 Å². The summed E-state index contributed by atoms with van der Waals surface area (Å²) in [5.74, 6) is 4.66. The van der Waals surface area contributed by atoms with Crippen LogP contribution in [0, 0.1) is 35.5 Å². The van der Waals surface area contributed by atoms with Gasteiger partial charge in [-0.05, 0) is 99.7 Å². The average Bonchev–Trinajstić information content (AvgIpc) is 2.65. The molecule has 8 atom stereocenters. The van der Waals surface area contributed by atoms with E-state index in [1.165, 1.54) is 64.2 Å². The maximum Gasteiger partial charge on any atom is 0.0705 e. The van der Waals surface area contributed by atoms with Crippen LogP contribution in [0.1, 0.15) is 64.2 Å². The summed E-state index contributed by atoms with van der Waals surface area (Å²) in [7, 11) is 0. The Hall–Kier alpha value is -0.420. The van der Waals surface area contributed by atoms with Crippen molar-refractivity contribution in [3.8, 4) is 0 Å². The Morgan fingerprint density at radius 3 is 1.29 bits per heavy atom. The topological polar surface area (TPSA) is 58.9 Å². The Kier molecular flexibility index (Phi) is 4.29. The molecule has 8 saturated carbocycles. The fourth-order valence-corrected chi connectivity index (χ4v) is 9.25. The van der Waals surface area contributed by atoms with Crippen molar-refractivity contribution in [2.45, 2.75) is 75.4 Å². The third-order valence-corrected chi connectivity index (χ3v) is 9.36. The Morgan fingerprint density at radius 1 is 0.607 bits per heavy atom. The minimum atomic E-state index is 0.0701. The first-order valence-electron chi connectivity index (χ1n) is 11.9. The smallest absolute Gasteiger partial charge is 0.0705 e. The van der Waals surface area contributed by atoms with E-state index in [0.29, 0.717) is 13.2 Å². The maximum atomic E-state index is 9.29. The summed E-state index contributed by atoms with van der Waals surface area (Å²) in [6.07, 6.45) is 12.8. The number of hydrogen-bond donors (Lipinski definition) is 2. The van der Waals surface area contributed by atoms with E-state index in [2.05, 4.69) is 0 Å². The number of ether oxygens (including phenoxy) is 2. The van der Waals surface area contributed by atoms with Gasteiger partial charge in [-0.25, -0.2) is 0 Å². The molecule has 0 radical (unpaired) electrons. The lowest BCUT2D eigenvalue weighted by Crippen LogP contribution is -2.57. The lowest BCUT2D eigenvalue weighted by molar-refractivity contribution is -0.158. The molecular formula is C24H36O4. The van der Waals surface area contributed by atoms with Crippen molar-refractivity contribution in [2.75, 3.05) is 26.4 Å². The molecule has 156 valence electrons. The minimum Gasteiger partial charge on any atom is -0.394 e. The van der Waals surface area contributed by atoms with Crippen molar-refractivity contribution in [2.24, 2.45) is 35.5 Å². The zero-order chi connectivity index (χ0) is 18.9. The van der Waals surface area contributed by atoms with Gasteiger partial charge in [0.2, 0.25) is 0 Å². The van der Waals surface area contributed by atoms with Gasteiger partial charge >= 0.3 is 0 Å². The molecule has 0 aliphatic heterocycles. The van der Waals surface area contributed by atoms with Gasteiger partial charge in [0, 0.05) is 0 Å². The molecule has 8 rings (SSSR count). The molecule has 0 saturated heterocycles. The van der Waals surface area contributed by atoms with Crippen LogP contribution in [0.4, 0.5) is 0 Å². The monoisotopic (exact) mass is 388 g/mol. The van der Waals surface area contributed by atoms with Crippen LogP contribution in [0.5, 0.6) is 0 Å². The quantitative estimate of drug-likeness (QED) is 0.684. The van der Waals surface area contributed by atoms with Crippen LogP contribution in [-0.4, -0.2) is 47.8 Å². The molecule has 8 fully saturated rings. The number of rotatable bonds is 6. The fraction of sp³-hybridized carbons (Fsp3) is 0.917. The highest BCUT2D eigenvalue weighted by Crippen LogP contribution is 2.66. The van der Waals surface area contributed by atoms with E-state index in [4.69, 9.17) is 9.47 Å². The van der Waals surface area contributed by atoms with E-state index >= 15 is 0 Å². The summed E-state index contributed by atoms with van der Waals surface area (Å²) in [4.78, 5) is 0. The van der Waals surface area contributed by atoms with Crippen molar-refractivity contribution < 1.29 is 19.7 Å². The van der Waals surface area contributed by atoms with Gasteiger partial charge in [0.05, 0.1) is 37.6 Å². The second-order valence-electron chi connectivity index (χ2n) is 11.1. The Morgan fingerprint density at radius 2 is 0.964 bits per heavy atom. The Bertz CT molecular complexity index is 578. The van der Waals surface area contributed by atoms with Crippen molar-refractivity contribution in [1.82, 2.24) is 0 Å². The Labute approximate surface area is 168 Å². The van der Waals surface area contributed by atoms with Gasteiger partial charge < -0.3 is 19.7 Å². The fourth-order valence-electron chi connectivity index (χ4n) is 9.25. The number of allylic oxidation sites excluding steroid dienone is 2. The van der Waals surface area contributed by atoms with Crippen molar-refractivity contribution in [3.05, 3.63) is 11.1 Å². The zero-order valence-corrected chi connectivity index (χ0v) is 17.1. The summed E-state index contributed by atoms with van der Waals surface area (Å²) in [5, 5.41) is 18.6. The number of aliphatic hydroxyl groups excluding tert-OH is 2. The SMILES string of the molecule is OCCOC12CC3C[C@H](C1)C(=C1[C@@H]4CC5C[C@H]1CC(OCCO)(C5)C4)[C@@H](C3)C2. The van der Waals surface area contributed by atoms with Crippen LogP contribution >= 0.6 is 0 Å². The standard InChI is InChI=1S/C24H36O4/c25-1-3-27-23-9-15-5-17(11-23)21(18(6-15)12-23)22-19-7-16-8-20(22)14-24(10-16,13-19)28-4-2-26/h15-20,25-26H,1-14H2/t15?,16?,17-,18+,19-,20+,23?,24?. The van der Waals surface area contributed by atoms with Gasteiger partial charge in [-0.3, -0.25) is 0 Å². The van der Waals surface area contributed by atoms with Gasteiger partial charge in [-0.2, -0.15) is 0 Å². The molecular weight excluding hydrogens is 352 g/mol. The molecule has 8 bridgehead atoms. The minimum absolute atomic E-state index is 0.0701. The summed E-state index contributed by atoms with van der Waals surface area (Å²) in [5.41, 5.74) is 3.90. The Balaban J connectivity index is 1.30. The summed E-state index contributed by atoms with van der Waals surface area (Å²) >= 11 is 0. The van der Waals surface area contributed by atoms with Crippen LogP contribution < -0.4 is 0 Å². The molecule has 8 aliphatic carbocycles. The molecule has 8 aliphatic rings. The first-order chi connectivity index (χ1) is 13.6. The van der Waals surface area contributed by atoms with E-state index in [0.717, 1.165) is 35.5 Å². The normalized spacial score (nSPS) is 53.4. The third kappa shape index (κ3) is 2.71. The van der Waals surface area contributed by atoms with E-state index in [1.807, 2.05) is 11.1 Å². The summed E-state index contributed by atoms with van der Waals surface area (Å²) < 4.78 is 12.6. The van der Waals surface area contributed by atoms with E-state index in [1.54, 1.807) is 0 Å². The highest BCUT2D eigenvalue weighted by molar-refractivity contribution is 5.36. The molecule has 28 heavy (non-hydrogen) atoms.